The van der Waals surface area contributed by atoms with E-state index in [0.717, 1.165) is 52.4 Å². The molecular weight excluding hydrogens is 206 g/mol. The summed E-state index contributed by atoms with van der Waals surface area (Å²) in [5.74, 6) is 0.120. The van der Waals surface area contributed by atoms with Crippen LogP contribution in [0.2, 0.25) is 0 Å². The minimum Gasteiger partial charge on any atom is -0.379 e. The summed E-state index contributed by atoms with van der Waals surface area (Å²) in [5.41, 5.74) is 0. The Labute approximate surface area is 97.5 Å². The van der Waals surface area contributed by atoms with Crippen LogP contribution in [-0.2, 0) is 9.53 Å². The highest BCUT2D eigenvalue weighted by molar-refractivity contribution is 5.75. The van der Waals surface area contributed by atoms with Gasteiger partial charge in [-0.1, -0.05) is 0 Å². The van der Waals surface area contributed by atoms with Gasteiger partial charge in [-0.25, -0.2) is 0 Å². The van der Waals surface area contributed by atoms with Crippen molar-refractivity contribution in [2.75, 3.05) is 53.0 Å². The van der Waals surface area contributed by atoms with Crippen LogP contribution >= 0.6 is 0 Å². The lowest BCUT2D eigenvalue weighted by Gasteiger charge is -2.26. The van der Waals surface area contributed by atoms with E-state index >= 15 is 0 Å². The normalized spacial score (nSPS) is 17.3. The van der Waals surface area contributed by atoms with Crippen molar-refractivity contribution >= 4 is 5.91 Å². The monoisotopic (exact) mass is 229 g/mol. The third-order valence-electron chi connectivity index (χ3n) is 2.74. The number of morpholine rings is 1. The number of rotatable bonds is 7. The molecule has 0 atom stereocenters. The summed E-state index contributed by atoms with van der Waals surface area (Å²) in [6.07, 6.45) is 1.52. The molecule has 0 saturated carbocycles. The Hall–Kier alpha value is -0.650. The smallest absolute Gasteiger partial charge is 0.219 e. The van der Waals surface area contributed by atoms with Crippen molar-refractivity contribution in [3.05, 3.63) is 0 Å². The molecule has 1 saturated heterocycles. The number of nitrogens with one attached hydrogen (secondary N) is 2. The summed E-state index contributed by atoms with van der Waals surface area (Å²) in [6, 6.07) is 0. The molecule has 0 aromatic carbocycles. The quantitative estimate of drug-likeness (QED) is 0.574. The number of hydrogen-bond acceptors (Lipinski definition) is 4. The second-order valence-corrected chi connectivity index (χ2v) is 3.98. The molecule has 1 amide bonds. The van der Waals surface area contributed by atoms with Crippen molar-refractivity contribution in [2.45, 2.75) is 12.8 Å². The maximum absolute atomic E-state index is 10.9. The van der Waals surface area contributed by atoms with E-state index in [1.165, 1.54) is 0 Å². The molecule has 1 fully saturated rings. The van der Waals surface area contributed by atoms with Gasteiger partial charge >= 0.3 is 0 Å². The Morgan fingerprint density at radius 2 is 2.06 bits per heavy atom. The number of carbonyl (C=O) groups excluding carboxylic acids is 1. The van der Waals surface area contributed by atoms with Crippen molar-refractivity contribution in [2.24, 2.45) is 0 Å². The first kappa shape index (κ1) is 13.4. The van der Waals surface area contributed by atoms with Gasteiger partial charge in [0.2, 0.25) is 5.91 Å². The van der Waals surface area contributed by atoms with E-state index in [1.807, 2.05) is 0 Å². The van der Waals surface area contributed by atoms with E-state index in [9.17, 15) is 4.79 Å². The van der Waals surface area contributed by atoms with Crippen LogP contribution in [0.3, 0.4) is 0 Å². The lowest BCUT2D eigenvalue weighted by atomic mass is 10.3. The van der Waals surface area contributed by atoms with Crippen LogP contribution in [0.1, 0.15) is 12.8 Å². The standard InChI is InChI=1S/C11H23N3O2/c1-12-11(15)3-2-4-13-5-6-14-7-9-16-10-8-14/h13H,2-10H2,1H3,(H,12,15). The fraction of sp³-hybridized carbons (Fsp3) is 0.909. The van der Waals surface area contributed by atoms with E-state index in [-0.39, 0.29) is 5.91 Å². The average Bonchev–Trinajstić information content (AvgIpc) is 2.34. The first-order valence-electron chi connectivity index (χ1n) is 6.04. The minimum absolute atomic E-state index is 0.120. The average molecular weight is 229 g/mol. The highest BCUT2D eigenvalue weighted by Crippen LogP contribution is 1.94. The Balaban J connectivity index is 1.85. The van der Waals surface area contributed by atoms with Crippen molar-refractivity contribution in [3.63, 3.8) is 0 Å². The second-order valence-electron chi connectivity index (χ2n) is 3.98. The molecule has 5 nitrogen and oxygen atoms in total. The highest BCUT2D eigenvalue weighted by atomic mass is 16.5. The van der Waals surface area contributed by atoms with Crippen molar-refractivity contribution in [1.29, 1.82) is 0 Å². The maximum atomic E-state index is 10.9. The summed E-state index contributed by atoms with van der Waals surface area (Å²) in [4.78, 5) is 13.3. The molecule has 1 heterocycles. The number of ether oxygens (including phenoxy) is 1. The number of hydrogen-bond donors (Lipinski definition) is 2. The zero-order chi connectivity index (χ0) is 11.6. The molecule has 94 valence electrons. The number of nitrogens with zero attached hydrogens (tertiary/aromatic N) is 1. The third-order valence-corrected chi connectivity index (χ3v) is 2.74. The van der Waals surface area contributed by atoms with Gasteiger partial charge in [-0.2, -0.15) is 0 Å². The lowest BCUT2D eigenvalue weighted by Crippen LogP contribution is -2.40. The van der Waals surface area contributed by atoms with Gasteiger partial charge in [-0.3, -0.25) is 9.69 Å². The molecule has 0 spiro atoms. The summed E-state index contributed by atoms with van der Waals surface area (Å²) in [7, 11) is 1.67. The Bertz CT molecular complexity index is 194. The van der Waals surface area contributed by atoms with Gasteiger partial charge in [-0.15, -0.1) is 0 Å². The molecule has 0 aromatic rings. The zero-order valence-electron chi connectivity index (χ0n) is 10.1. The third kappa shape index (κ3) is 6.05. The molecule has 5 heteroatoms. The molecule has 1 aliphatic rings. The molecule has 2 N–H and O–H groups in total. The highest BCUT2D eigenvalue weighted by Gasteiger charge is 2.08. The fourth-order valence-electron chi connectivity index (χ4n) is 1.69. The molecule has 1 rings (SSSR count). The van der Waals surface area contributed by atoms with Crippen molar-refractivity contribution < 1.29 is 9.53 Å². The van der Waals surface area contributed by atoms with Crippen LogP contribution in [0, 0.1) is 0 Å². The van der Waals surface area contributed by atoms with E-state index in [2.05, 4.69) is 15.5 Å². The summed E-state index contributed by atoms with van der Waals surface area (Å²) >= 11 is 0. The number of amides is 1. The summed E-state index contributed by atoms with van der Waals surface area (Å²) in [5, 5.41) is 5.97. The molecule has 1 aliphatic heterocycles. The molecule has 0 bridgehead atoms. The Morgan fingerprint density at radius 1 is 1.31 bits per heavy atom. The first-order chi connectivity index (χ1) is 7.83. The SMILES string of the molecule is CNC(=O)CCCNCCN1CCOCC1. The molecule has 0 aromatic heterocycles. The van der Waals surface area contributed by atoms with Crippen LogP contribution in [-0.4, -0.2) is 63.8 Å². The molecule has 0 radical (unpaired) electrons. The van der Waals surface area contributed by atoms with E-state index in [0.29, 0.717) is 6.42 Å². The molecule has 0 aliphatic carbocycles. The van der Waals surface area contributed by atoms with Crippen LogP contribution in [0.4, 0.5) is 0 Å². The Morgan fingerprint density at radius 3 is 2.75 bits per heavy atom. The van der Waals surface area contributed by atoms with Gasteiger partial charge in [0.05, 0.1) is 13.2 Å². The number of carbonyl (C=O) groups is 1. The zero-order valence-corrected chi connectivity index (χ0v) is 10.1. The van der Waals surface area contributed by atoms with Gasteiger partial charge in [-0.05, 0) is 13.0 Å². The largest absolute Gasteiger partial charge is 0.379 e. The van der Waals surface area contributed by atoms with Gasteiger partial charge in [0, 0.05) is 39.6 Å². The Kier molecular flexibility index (Phi) is 7.12. The predicted octanol–water partition coefficient (Wildman–Crippen LogP) is -0.566. The van der Waals surface area contributed by atoms with Crippen LogP contribution in [0.5, 0.6) is 0 Å². The van der Waals surface area contributed by atoms with Crippen molar-refractivity contribution in [3.8, 4) is 0 Å². The van der Waals surface area contributed by atoms with Crippen LogP contribution in [0.15, 0.2) is 0 Å². The van der Waals surface area contributed by atoms with Gasteiger partial charge in [0.15, 0.2) is 0 Å². The second kappa shape index (κ2) is 8.50. The van der Waals surface area contributed by atoms with Gasteiger partial charge in [0.1, 0.15) is 0 Å². The topological polar surface area (TPSA) is 53.6 Å². The minimum atomic E-state index is 0.120. The molecule has 0 unspecified atom stereocenters. The van der Waals surface area contributed by atoms with E-state index < -0.39 is 0 Å². The van der Waals surface area contributed by atoms with Gasteiger partial charge in [0.25, 0.3) is 0 Å². The fourth-order valence-corrected chi connectivity index (χ4v) is 1.69. The van der Waals surface area contributed by atoms with Crippen LogP contribution < -0.4 is 10.6 Å². The predicted molar refractivity (Wildman–Crippen MR) is 63.4 cm³/mol. The van der Waals surface area contributed by atoms with Crippen LogP contribution in [0.25, 0.3) is 0 Å². The summed E-state index contributed by atoms with van der Waals surface area (Å²) < 4.78 is 5.28. The van der Waals surface area contributed by atoms with E-state index in [1.54, 1.807) is 7.05 Å². The van der Waals surface area contributed by atoms with Gasteiger partial charge < -0.3 is 15.4 Å². The maximum Gasteiger partial charge on any atom is 0.219 e. The first-order valence-corrected chi connectivity index (χ1v) is 6.04. The van der Waals surface area contributed by atoms with E-state index in [4.69, 9.17) is 4.74 Å². The lowest BCUT2D eigenvalue weighted by molar-refractivity contribution is -0.120. The summed E-state index contributed by atoms with van der Waals surface area (Å²) in [6.45, 7) is 6.78. The van der Waals surface area contributed by atoms with Crippen molar-refractivity contribution in [1.82, 2.24) is 15.5 Å². The molecular formula is C11H23N3O2. The molecule has 16 heavy (non-hydrogen) atoms.